The van der Waals surface area contributed by atoms with Crippen molar-refractivity contribution in [3.63, 3.8) is 0 Å². The average Bonchev–Trinajstić information content (AvgIpc) is 2.38. The van der Waals surface area contributed by atoms with Gasteiger partial charge in [-0.25, -0.2) is 0 Å². The van der Waals surface area contributed by atoms with E-state index in [0.29, 0.717) is 25.2 Å². The molecule has 0 aromatic carbocycles. The molecule has 1 amide bonds. The number of aromatic nitrogens is 1. The highest BCUT2D eigenvalue weighted by molar-refractivity contribution is 5.93. The molecule has 7 nitrogen and oxygen atoms in total. The zero-order valence-corrected chi connectivity index (χ0v) is 10.5. The van der Waals surface area contributed by atoms with Gasteiger partial charge in [0.2, 0.25) is 5.91 Å². The lowest BCUT2D eigenvalue weighted by Crippen LogP contribution is -2.40. The number of hydrogen-bond acceptors (Lipinski definition) is 5. The van der Waals surface area contributed by atoms with Gasteiger partial charge in [0.25, 0.3) is 0 Å². The van der Waals surface area contributed by atoms with Crippen LogP contribution in [0.2, 0.25) is 0 Å². The van der Waals surface area contributed by atoms with Gasteiger partial charge in [-0.3, -0.25) is 14.6 Å². The first-order valence-electron chi connectivity index (χ1n) is 5.99. The maximum Gasteiger partial charge on any atom is 0.321 e. The number of hydrogen-bond donors (Lipinski definition) is 4. The molecular formula is C12H18N4O3. The SMILES string of the molecule is NCCCN[C@@H](CC(=O)Nc1cccnc1)C(=O)O. The molecule has 1 aromatic heterocycles. The fourth-order valence-electron chi connectivity index (χ4n) is 1.46. The lowest BCUT2D eigenvalue weighted by atomic mass is 10.2. The van der Waals surface area contributed by atoms with Crippen molar-refractivity contribution in [1.29, 1.82) is 0 Å². The number of nitrogens with two attached hydrogens (primary N) is 1. The molecule has 0 unspecified atom stereocenters. The molecule has 0 saturated heterocycles. The standard InChI is InChI=1S/C12H18N4O3/c13-4-2-6-15-10(12(18)19)7-11(17)16-9-3-1-5-14-8-9/h1,3,5,8,10,15H,2,4,6-7,13H2,(H,16,17)(H,18,19)/t10-/m0/s1. The fraction of sp³-hybridized carbons (Fsp3) is 0.417. The second-order valence-electron chi connectivity index (χ2n) is 3.98. The summed E-state index contributed by atoms with van der Waals surface area (Å²) in [4.78, 5) is 26.5. The molecule has 104 valence electrons. The molecule has 1 atom stereocenters. The normalized spacial score (nSPS) is 11.8. The van der Waals surface area contributed by atoms with Gasteiger partial charge in [-0.1, -0.05) is 0 Å². The zero-order chi connectivity index (χ0) is 14.1. The summed E-state index contributed by atoms with van der Waals surface area (Å²) in [5, 5.41) is 14.4. The summed E-state index contributed by atoms with van der Waals surface area (Å²) in [5.41, 5.74) is 5.86. The Hall–Kier alpha value is -1.99. The van der Waals surface area contributed by atoms with Gasteiger partial charge in [0, 0.05) is 6.20 Å². The summed E-state index contributed by atoms with van der Waals surface area (Å²) < 4.78 is 0. The van der Waals surface area contributed by atoms with Gasteiger partial charge < -0.3 is 21.5 Å². The van der Waals surface area contributed by atoms with Gasteiger partial charge in [0.1, 0.15) is 6.04 Å². The van der Waals surface area contributed by atoms with E-state index in [1.807, 2.05) is 0 Å². The fourth-order valence-corrected chi connectivity index (χ4v) is 1.46. The van der Waals surface area contributed by atoms with E-state index in [9.17, 15) is 9.59 Å². The van der Waals surface area contributed by atoms with Crippen molar-refractivity contribution < 1.29 is 14.7 Å². The van der Waals surface area contributed by atoms with E-state index in [-0.39, 0.29) is 12.3 Å². The molecule has 5 N–H and O–H groups in total. The van der Waals surface area contributed by atoms with E-state index in [4.69, 9.17) is 10.8 Å². The molecule has 0 saturated carbocycles. The third kappa shape index (κ3) is 5.94. The molecule has 0 fully saturated rings. The van der Waals surface area contributed by atoms with E-state index in [1.165, 1.54) is 6.20 Å². The minimum atomic E-state index is -1.06. The summed E-state index contributed by atoms with van der Waals surface area (Å²) in [5.74, 6) is -1.43. The van der Waals surface area contributed by atoms with Gasteiger partial charge in [-0.05, 0) is 31.6 Å². The van der Waals surface area contributed by atoms with E-state index in [0.717, 1.165) is 0 Å². The lowest BCUT2D eigenvalue weighted by Gasteiger charge is -2.13. The van der Waals surface area contributed by atoms with Crippen LogP contribution in [0.4, 0.5) is 5.69 Å². The number of anilines is 1. The molecule has 1 heterocycles. The second kappa shape index (κ2) is 8.17. The monoisotopic (exact) mass is 266 g/mol. The third-order valence-electron chi connectivity index (χ3n) is 2.40. The Morgan fingerprint density at radius 2 is 2.26 bits per heavy atom. The zero-order valence-electron chi connectivity index (χ0n) is 10.5. The van der Waals surface area contributed by atoms with Gasteiger partial charge >= 0.3 is 5.97 Å². The van der Waals surface area contributed by atoms with Crippen LogP contribution in [0.3, 0.4) is 0 Å². The summed E-state index contributed by atoms with van der Waals surface area (Å²) in [7, 11) is 0. The largest absolute Gasteiger partial charge is 0.480 e. The number of carbonyl (C=O) groups excluding carboxylic acids is 1. The summed E-state index contributed by atoms with van der Waals surface area (Å²) in [6.07, 6.45) is 3.60. The van der Waals surface area contributed by atoms with E-state index >= 15 is 0 Å². The summed E-state index contributed by atoms with van der Waals surface area (Å²) in [6, 6.07) is 2.45. The predicted molar refractivity (Wildman–Crippen MR) is 70.6 cm³/mol. The topological polar surface area (TPSA) is 117 Å². The minimum Gasteiger partial charge on any atom is -0.480 e. The first-order valence-corrected chi connectivity index (χ1v) is 5.99. The molecule has 0 aliphatic carbocycles. The van der Waals surface area contributed by atoms with Gasteiger partial charge in [-0.15, -0.1) is 0 Å². The number of nitrogens with zero attached hydrogens (tertiary/aromatic N) is 1. The highest BCUT2D eigenvalue weighted by Crippen LogP contribution is 2.04. The van der Waals surface area contributed by atoms with Crippen molar-refractivity contribution in [2.75, 3.05) is 18.4 Å². The van der Waals surface area contributed by atoms with Crippen LogP contribution >= 0.6 is 0 Å². The highest BCUT2D eigenvalue weighted by atomic mass is 16.4. The number of pyridine rings is 1. The quantitative estimate of drug-likeness (QED) is 0.484. The average molecular weight is 266 g/mol. The summed E-state index contributed by atoms with van der Waals surface area (Å²) >= 11 is 0. The van der Waals surface area contributed by atoms with Crippen molar-refractivity contribution in [3.05, 3.63) is 24.5 Å². The molecule has 0 aliphatic rings. The maximum atomic E-state index is 11.7. The number of aliphatic carboxylic acids is 1. The van der Waals surface area contributed by atoms with Crippen LogP contribution in [0.1, 0.15) is 12.8 Å². The molecule has 1 aromatic rings. The van der Waals surface area contributed by atoms with E-state index in [2.05, 4.69) is 15.6 Å². The number of amides is 1. The second-order valence-corrected chi connectivity index (χ2v) is 3.98. The van der Waals surface area contributed by atoms with Crippen molar-refractivity contribution in [1.82, 2.24) is 10.3 Å². The number of carbonyl (C=O) groups is 2. The molecule has 7 heteroatoms. The van der Waals surface area contributed by atoms with Crippen LogP contribution in [0, 0.1) is 0 Å². The Bertz CT molecular complexity index is 411. The highest BCUT2D eigenvalue weighted by Gasteiger charge is 2.20. The first-order chi connectivity index (χ1) is 9.13. The van der Waals surface area contributed by atoms with Crippen LogP contribution < -0.4 is 16.4 Å². The number of carboxylic acids is 1. The smallest absolute Gasteiger partial charge is 0.321 e. The predicted octanol–water partition coefficient (Wildman–Crippen LogP) is -0.198. The Morgan fingerprint density at radius 1 is 1.47 bits per heavy atom. The van der Waals surface area contributed by atoms with Gasteiger partial charge in [0.05, 0.1) is 18.3 Å². The number of rotatable bonds is 8. The molecule has 0 radical (unpaired) electrons. The van der Waals surface area contributed by atoms with Crippen LogP contribution in [0.15, 0.2) is 24.5 Å². The number of nitrogens with one attached hydrogen (secondary N) is 2. The van der Waals surface area contributed by atoms with Crippen LogP contribution in [-0.4, -0.2) is 41.1 Å². The Labute approximate surface area is 111 Å². The molecule has 19 heavy (non-hydrogen) atoms. The third-order valence-corrected chi connectivity index (χ3v) is 2.40. The molecule has 0 spiro atoms. The van der Waals surface area contributed by atoms with Crippen molar-refractivity contribution >= 4 is 17.6 Å². The van der Waals surface area contributed by atoms with Crippen LogP contribution in [0.25, 0.3) is 0 Å². The number of carboxylic acid groups (broad SMARTS) is 1. The molecule has 0 bridgehead atoms. The van der Waals surface area contributed by atoms with Crippen molar-refractivity contribution in [2.24, 2.45) is 5.73 Å². The van der Waals surface area contributed by atoms with Crippen LogP contribution in [-0.2, 0) is 9.59 Å². The van der Waals surface area contributed by atoms with Crippen molar-refractivity contribution in [2.45, 2.75) is 18.9 Å². The molecule has 0 aliphatic heterocycles. The Kier molecular flexibility index (Phi) is 6.48. The maximum absolute atomic E-state index is 11.7. The Morgan fingerprint density at radius 3 is 2.84 bits per heavy atom. The minimum absolute atomic E-state index is 0.144. The van der Waals surface area contributed by atoms with Crippen molar-refractivity contribution in [3.8, 4) is 0 Å². The first kappa shape index (κ1) is 15.1. The van der Waals surface area contributed by atoms with Crippen LogP contribution in [0.5, 0.6) is 0 Å². The van der Waals surface area contributed by atoms with E-state index < -0.39 is 12.0 Å². The Balaban J connectivity index is 2.45. The van der Waals surface area contributed by atoms with Gasteiger partial charge in [0.15, 0.2) is 0 Å². The summed E-state index contributed by atoms with van der Waals surface area (Å²) in [6.45, 7) is 0.939. The van der Waals surface area contributed by atoms with E-state index in [1.54, 1.807) is 18.3 Å². The molecule has 1 rings (SSSR count). The van der Waals surface area contributed by atoms with Gasteiger partial charge in [-0.2, -0.15) is 0 Å². The molecular weight excluding hydrogens is 248 g/mol. The lowest BCUT2D eigenvalue weighted by molar-refractivity contribution is -0.141.